The van der Waals surface area contributed by atoms with Crippen molar-refractivity contribution in [2.75, 3.05) is 52.9 Å². The maximum atomic E-state index is 14.3. The lowest BCUT2D eigenvalue weighted by Crippen LogP contribution is -2.71. The van der Waals surface area contributed by atoms with Crippen LogP contribution in [0.5, 0.6) is 0 Å². The fraction of sp³-hybridized carbons (Fsp3) is 0.983. The lowest BCUT2D eigenvalue weighted by molar-refractivity contribution is -0.424. The lowest BCUT2D eigenvalue weighted by Gasteiger charge is -2.52. The second-order valence-electron chi connectivity index (χ2n) is 28.1. The molecule has 10 aliphatic heterocycles. The predicted molar refractivity (Wildman–Crippen MR) is 329 cm³/mol. The van der Waals surface area contributed by atoms with Gasteiger partial charge in [0.25, 0.3) is 0 Å². The standard InChI is InChI=1S/C60H100O51/c1-10-19(67)33(81)45(107-54-36(84)30(78)22(70)13(4-63)99-54)59(95-10)109-46-47(108-57-40(88)43(26(74)16(7-66)101-57)105-56-38(86)32(80)24(72)17(102-56)8-93-52-34(82)28(76)20(68)11(2-61)97-52)49(111-55-37(85)31(79)23(71)14(5-64)100-55)60(110-48(46)50(90)91)106-44-27(75)18(9-94-53-35(83)29(77)21(69)12(3-62)98-53)103-58(41(44)89)104-42-25(73)15(6-65)96-51(92)39(42)87/h10-49,51-89,92H,2-9H2,1H3,(H,90,91)/t10-,11+,12+,13+,14+,15+,16+,17+,18+,19-,20-,21-,22-,23-,24+,25+,26+,27+,28-,29-,30-,31-,32-,33+,34+,35+,36+,37+,38-,39+,40+,41-,42-,43-,44-,45+,46-,47-,48-,49+,51+,52+,53+,54-,55+,56+,57-,58+,59-,60-/m0/s1. The fourth-order valence-electron chi connectivity index (χ4n) is 14.1. The summed E-state index contributed by atoms with van der Waals surface area (Å²) in [5, 5.41) is 342. The second-order valence-corrected chi connectivity index (χ2v) is 28.1. The maximum absolute atomic E-state index is 14.3. The second kappa shape index (κ2) is 38.7. The van der Waals surface area contributed by atoms with Gasteiger partial charge in [-0.1, -0.05) is 0 Å². The Balaban J connectivity index is 1.07. The highest BCUT2D eigenvalue weighted by Gasteiger charge is 2.63. The highest BCUT2D eigenvalue weighted by atomic mass is 16.8. The lowest BCUT2D eigenvalue weighted by atomic mass is 9.94. The van der Waals surface area contributed by atoms with Crippen molar-refractivity contribution in [2.45, 2.75) is 314 Å². The van der Waals surface area contributed by atoms with E-state index in [0.29, 0.717) is 0 Å². The summed E-state index contributed by atoms with van der Waals surface area (Å²) in [4.78, 5) is 14.3. The van der Waals surface area contributed by atoms with E-state index in [1.165, 1.54) is 0 Å². The Morgan fingerprint density at radius 1 is 0.234 bits per heavy atom. The van der Waals surface area contributed by atoms with Crippen LogP contribution >= 0.6 is 0 Å². The van der Waals surface area contributed by atoms with Gasteiger partial charge in [0.1, 0.15) is 232 Å². The number of hydrogen-bond acceptors (Lipinski definition) is 50. The molecule has 0 aromatic heterocycles. The minimum Gasteiger partial charge on any atom is -0.479 e. The average molecular weight is 1640 g/mol. The van der Waals surface area contributed by atoms with Crippen LogP contribution in [0.4, 0.5) is 0 Å². The van der Waals surface area contributed by atoms with Crippen LogP contribution in [0.1, 0.15) is 6.92 Å². The van der Waals surface area contributed by atoms with Gasteiger partial charge >= 0.3 is 5.97 Å². The van der Waals surface area contributed by atoms with Crippen molar-refractivity contribution in [3.8, 4) is 0 Å². The first kappa shape index (κ1) is 90.8. The number of ether oxygens (including phenoxy) is 19. The van der Waals surface area contributed by atoms with Crippen molar-refractivity contribution < 1.29 is 253 Å². The summed E-state index contributed by atoms with van der Waals surface area (Å²) in [6, 6.07) is 0. The van der Waals surface area contributed by atoms with E-state index >= 15 is 0 Å². The van der Waals surface area contributed by atoms with Gasteiger partial charge in [-0.15, -0.1) is 0 Å². The van der Waals surface area contributed by atoms with E-state index < -0.39 is 366 Å². The molecule has 0 aliphatic carbocycles. The van der Waals surface area contributed by atoms with Gasteiger partial charge in [-0.2, -0.15) is 0 Å². The van der Waals surface area contributed by atoms with Crippen LogP contribution in [-0.2, 0) is 94.8 Å². The zero-order valence-corrected chi connectivity index (χ0v) is 58.1. The predicted octanol–water partition coefficient (Wildman–Crippen LogP) is -21.7. The Hall–Kier alpha value is -2.49. The van der Waals surface area contributed by atoms with E-state index in [1.807, 2.05) is 0 Å². The molecule has 0 unspecified atom stereocenters. The van der Waals surface area contributed by atoms with Crippen molar-refractivity contribution >= 4 is 5.97 Å². The first-order valence-corrected chi connectivity index (χ1v) is 35.0. The number of carbonyl (C=O) groups is 1. The molecule has 10 saturated heterocycles. The van der Waals surface area contributed by atoms with Crippen LogP contribution in [0.2, 0.25) is 0 Å². The summed E-state index contributed by atoms with van der Waals surface area (Å²) < 4.78 is 111. The monoisotopic (exact) mass is 1640 g/mol. The molecule has 646 valence electrons. The molecule has 0 saturated carbocycles. The zero-order chi connectivity index (χ0) is 81.5. The third kappa shape index (κ3) is 18.9. The number of aliphatic carboxylic acids is 1. The van der Waals surface area contributed by atoms with Gasteiger partial charge in [0.05, 0.1) is 59.0 Å². The normalized spacial score (nSPS) is 53.7. The number of aliphatic hydroxyl groups excluding tert-OH is 30. The molecule has 10 rings (SSSR count). The Labute approximate surface area is 624 Å². The van der Waals surface area contributed by atoms with Gasteiger partial charge < -0.3 is 248 Å². The first-order valence-electron chi connectivity index (χ1n) is 35.0. The Morgan fingerprint density at radius 2 is 0.505 bits per heavy atom. The Kier molecular flexibility index (Phi) is 31.7. The van der Waals surface area contributed by atoms with Gasteiger partial charge in [-0.3, -0.25) is 0 Å². The van der Waals surface area contributed by atoms with E-state index in [2.05, 4.69) is 0 Å². The maximum Gasteiger partial charge on any atom is 0.335 e. The minimum absolute atomic E-state index is 0.933. The molecule has 31 N–H and O–H groups in total. The number of carboxylic acid groups (broad SMARTS) is 1. The largest absolute Gasteiger partial charge is 0.479 e. The Bertz CT molecular complexity index is 2850. The van der Waals surface area contributed by atoms with Gasteiger partial charge in [-0.05, 0) is 6.92 Å². The molecule has 10 aliphatic rings. The van der Waals surface area contributed by atoms with Crippen molar-refractivity contribution in [3.63, 3.8) is 0 Å². The minimum atomic E-state index is -2.94. The fourth-order valence-corrected chi connectivity index (χ4v) is 14.1. The molecular formula is C60H100O51. The molecule has 0 amide bonds. The summed E-state index contributed by atoms with van der Waals surface area (Å²) in [6.07, 6.45) is -114. The molecular weight excluding hydrogens is 1540 g/mol. The molecule has 0 aromatic rings. The van der Waals surface area contributed by atoms with E-state index in [4.69, 9.17) is 90.0 Å². The number of hydrogen-bond donors (Lipinski definition) is 31. The summed E-state index contributed by atoms with van der Waals surface area (Å²) >= 11 is 0. The van der Waals surface area contributed by atoms with Crippen molar-refractivity contribution in [2.24, 2.45) is 0 Å². The number of rotatable bonds is 27. The summed E-state index contributed by atoms with van der Waals surface area (Å²) in [6.45, 7) is -7.83. The highest BCUT2D eigenvalue weighted by molar-refractivity contribution is 5.73. The third-order valence-corrected chi connectivity index (χ3v) is 20.8. The molecule has 50 atom stereocenters. The molecule has 51 heteroatoms. The molecule has 10 fully saturated rings. The first-order chi connectivity index (χ1) is 52.5. The van der Waals surface area contributed by atoms with Crippen LogP contribution < -0.4 is 0 Å². The van der Waals surface area contributed by atoms with Crippen LogP contribution in [0, 0.1) is 0 Å². The zero-order valence-electron chi connectivity index (χ0n) is 58.1. The average Bonchev–Trinajstić information content (AvgIpc) is 0.747. The topological polar surface area (TPSA) is 820 Å². The van der Waals surface area contributed by atoms with E-state index in [1.54, 1.807) is 0 Å². The van der Waals surface area contributed by atoms with Gasteiger partial charge in [0.2, 0.25) is 0 Å². The van der Waals surface area contributed by atoms with Gasteiger partial charge in [-0.25, -0.2) is 4.79 Å². The molecule has 51 nitrogen and oxygen atoms in total. The van der Waals surface area contributed by atoms with Crippen molar-refractivity contribution in [1.29, 1.82) is 0 Å². The van der Waals surface area contributed by atoms with Crippen LogP contribution in [0.25, 0.3) is 0 Å². The quantitative estimate of drug-likeness (QED) is 0.0363. The van der Waals surface area contributed by atoms with Crippen LogP contribution in [0.3, 0.4) is 0 Å². The van der Waals surface area contributed by atoms with Gasteiger partial charge in [0.15, 0.2) is 69.0 Å². The van der Waals surface area contributed by atoms with Crippen molar-refractivity contribution in [1.82, 2.24) is 0 Å². The number of aliphatic hydroxyl groups is 30. The summed E-state index contributed by atoms with van der Waals surface area (Å²) in [5.41, 5.74) is 0. The van der Waals surface area contributed by atoms with Gasteiger partial charge in [0, 0.05) is 0 Å². The molecule has 0 aromatic carbocycles. The van der Waals surface area contributed by atoms with E-state index in [9.17, 15) is 163 Å². The van der Waals surface area contributed by atoms with E-state index in [-0.39, 0.29) is 0 Å². The molecule has 111 heavy (non-hydrogen) atoms. The van der Waals surface area contributed by atoms with Crippen LogP contribution in [0.15, 0.2) is 0 Å². The summed E-state index contributed by atoms with van der Waals surface area (Å²) in [5.74, 6) is -2.26. The smallest absolute Gasteiger partial charge is 0.335 e. The molecule has 10 heterocycles. The highest BCUT2D eigenvalue weighted by Crippen LogP contribution is 2.42. The Morgan fingerprint density at radius 3 is 0.901 bits per heavy atom. The molecule has 0 spiro atoms. The van der Waals surface area contributed by atoms with E-state index in [0.717, 1.165) is 6.92 Å². The molecule has 0 radical (unpaired) electrons. The van der Waals surface area contributed by atoms with Crippen LogP contribution in [-0.4, -0.2) is 524 Å². The van der Waals surface area contributed by atoms with Crippen molar-refractivity contribution in [3.05, 3.63) is 0 Å². The third-order valence-electron chi connectivity index (χ3n) is 20.8. The molecule has 0 bridgehead atoms. The number of carboxylic acids is 1. The summed E-state index contributed by atoms with van der Waals surface area (Å²) in [7, 11) is 0. The SMILES string of the molecule is C[C@@H]1O[C@@H](O[C@H]2[C@H](O[C@@H]3O[C@H](CO)[C@@H](O)[C@H](O[C@H]4O[C@H](CO[C@@H]5O[C@H](CO)[C@H](O)[C@H](O)[C@H]5O)[C@@H](O)[C@H](O)[C@@H]4O)[C@H]3O)[C@@H](O[C@H]3O[C@H](CO)[C@H](O)[C@H](O)[C@H]3O)[C@@H](O[C@@H]3[C@H](O)[C@@H](O[C@@H]4[C@@H](O)[C@H](O)O[C@H](CO)[C@H]4O)O[C@H](CO[C@@H]4O[C@H](CO)[C@H](O)[C@H](O)[C@H]4O)[C@H]3O)O[C@@H]2C(=O)O)[C@H](O[C@@H]2O[C@H](CO)[C@H](O)[C@H](O)[C@H]2O)[C@H](O)[C@H]1O.